The van der Waals surface area contributed by atoms with E-state index < -0.39 is 21.8 Å². The number of benzene rings is 2. The SMILES string of the molecule is Cc1ccc(S(=O)(=O)O)cc1.NC(=O)c1cccc(F)c1. The van der Waals surface area contributed by atoms with Crippen LogP contribution >= 0.6 is 0 Å². The van der Waals surface area contributed by atoms with Crippen LogP contribution in [0.2, 0.25) is 0 Å². The van der Waals surface area contributed by atoms with Crippen LogP contribution in [0.25, 0.3) is 0 Å². The Kier molecular flexibility index (Phi) is 5.57. The molecule has 0 heterocycles. The molecule has 0 fully saturated rings. The predicted molar refractivity (Wildman–Crippen MR) is 75.9 cm³/mol. The summed E-state index contributed by atoms with van der Waals surface area (Å²) in [6.45, 7) is 1.84. The molecule has 1 amide bonds. The van der Waals surface area contributed by atoms with Crippen LogP contribution in [0.4, 0.5) is 4.39 Å². The van der Waals surface area contributed by atoms with Gasteiger partial charge in [-0.2, -0.15) is 8.42 Å². The topological polar surface area (TPSA) is 97.5 Å². The van der Waals surface area contributed by atoms with Crippen molar-refractivity contribution in [2.45, 2.75) is 11.8 Å². The molecule has 2 aromatic rings. The van der Waals surface area contributed by atoms with Crippen LogP contribution in [0.5, 0.6) is 0 Å². The average molecular weight is 311 g/mol. The summed E-state index contributed by atoms with van der Waals surface area (Å²) in [6.07, 6.45) is 0. The Morgan fingerprint density at radius 2 is 1.71 bits per heavy atom. The number of nitrogens with two attached hydrogens (primary N) is 1. The van der Waals surface area contributed by atoms with Crippen LogP contribution in [0.1, 0.15) is 15.9 Å². The largest absolute Gasteiger partial charge is 0.366 e. The standard InChI is InChI=1S/C7H6FNO.C7H8O3S/c8-6-3-1-2-5(4-6)7(9)10;1-6-2-4-7(5-3-6)11(8,9)10/h1-4H,(H2,9,10);2-5H,1H3,(H,8,9,10). The van der Waals surface area contributed by atoms with Crippen LogP contribution in [0.15, 0.2) is 53.4 Å². The Morgan fingerprint density at radius 1 is 1.14 bits per heavy atom. The zero-order valence-electron chi connectivity index (χ0n) is 11.2. The molecule has 0 atom stereocenters. The molecule has 0 saturated carbocycles. The minimum absolute atomic E-state index is 0.0666. The second kappa shape index (κ2) is 6.96. The van der Waals surface area contributed by atoms with E-state index in [1.807, 2.05) is 6.92 Å². The van der Waals surface area contributed by atoms with E-state index in [2.05, 4.69) is 0 Å². The van der Waals surface area contributed by atoms with Gasteiger partial charge in [0.2, 0.25) is 5.91 Å². The highest BCUT2D eigenvalue weighted by Crippen LogP contribution is 2.08. The van der Waals surface area contributed by atoms with E-state index in [4.69, 9.17) is 10.3 Å². The zero-order valence-corrected chi connectivity index (χ0v) is 12.0. The summed E-state index contributed by atoms with van der Waals surface area (Å²) in [7, 11) is -4.02. The van der Waals surface area contributed by atoms with E-state index in [1.54, 1.807) is 12.1 Å². The highest BCUT2D eigenvalue weighted by Gasteiger charge is 2.06. The second-order valence-corrected chi connectivity index (χ2v) is 5.58. The minimum atomic E-state index is -4.02. The van der Waals surface area contributed by atoms with E-state index in [1.165, 1.54) is 30.3 Å². The third kappa shape index (κ3) is 5.72. The number of carbonyl (C=O) groups excluding carboxylic acids is 1. The summed E-state index contributed by atoms with van der Waals surface area (Å²) in [6, 6.07) is 11.2. The minimum Gasteiger partial charge on any atom is -0.366 e. The van der Waals surface area contributed by atoms with E-state index in [0.717, 1.165) is 11.6 Å². The van der Waals surface area contributed by atoms with Crippen LogP contribution in [-0.2, 0) is 10.1 Å². The number of hydrogen-bond acceptors (Lipinski definition) is 3. The van der Waals surface area contributed by atoms with E-state index in [9.17, 15) is 17.6 Å². The maximum atomic E-state index is 12.3. The molecule has 0 unspecified atom stereocenters. The van der Waals surface area contributed by atoms with Gasteiger partial charge < -0.3 is 5.73 Å². The third-order valence-corrected chi connectivity index (χ3v) is 3.30. The Hall–Kier alpha value is -2.25. The maximum absolute atomic E-state index is 12.3. The normalized spacial score (nSPS) is 10.4. The van der Waals surface area contributed by atoms with Gasteiger partial charge in [0, 0.05) is 5.56 Å². The van der Waals surface area contributed by atoms with Gasteiger partial charge in [-0.25, -0.2) is 4.39 Å². The van der Waals surface area contributed by atoms with Gasteiger partial charge in [-0.15, -0.1) is 0 Å². The first-order chi connectivity index (χ1) is 9.70. The molecule has 3 N–H and O–H groups in total. The molecule has 0 aliphatic rings. The van der Waals surface area contributed by atoms with E-state index in [-0.39, 0.29) is 10.5 Å². The number of aryl methyl sites for hydroxylation is 1. The lowest BCUT2D eigenvalue weighted by atomic mass is 10.2. The van der Waals surface area contributed by atoms with Gasteiger partial charge in [0.1, 0.15) is 5.82 Å². The van der Waals surface area contributed by atoms with Gasteiger partial charge >= 0.3 is 0 Å². The Morgan fingerprint density at radius 3 is 2.10 bits per heavy atom. The molecule has 0 spiro atoms. The molecule has 0 aliphatic carbocycles. The highest BCUT2D eigenvalue weighted by atomic mass is 32.2. The molecule has 0 aliphatic heterocycles. The monoisotopic (exact) mass is 311 g/mol. The summed E-state index contributed by atoms with van der Waals surface area (Å²) in [5, 5.41) is 0. The molecule has 21 heavy (non-hydrogen) atoms. The fourth-order valence-corrected chi connectivity index (χ4v) is 1.83. The molecule has 5 nitrogen and oxygen atoms in total. The molecule has 0 saturated heterocycles. The third-order valence-electron chi connectivity index (χ3n) is 2.43. The first-order valence-electron chi connectivity index (χ1n) is 5.79. The molecule has 2 rings (SSSR count). The van der Waals surface area contributed by atoms with Crippen molar-refractivity contribution < 1.29 is 22.2 Å². The van der Waals surface area contributed by atoms with E-state index in [0.29, 0.717) is 0 Å². The van der Waals surface area contributed by atoms with Gasteiger partial charge in [0.25, 0.3) is 10.1 Å². The molecule has 112 valence electrons. The fourth-order valence-electron chi connectivity index (χ4n) is 1.35. The molecular weight excluding hydrogens is 297 g/mol. The van der Waals surface area contributed by atoms with Crippen molar-refractivity contribution in [3.05, 3.63) is 65.5 Å². The van der Waals surface area contributed by atoms with Crippen LogP contribution in [0, 0.1) is 12.7 Å². The second-order valence-electron chi connectivity index (χ2n) is 4.16. The zero-order chi connectivity index (χ0) is 16.0. The van der Waals surface area contributed by atoms with Crippen molar-refractivity contribution in [2.75, 3.05) is 0 Å². The van der Waals surface area contributed by atoms with Gasteiger partial charge in [0.05, 0.1) is 4.90 Å². The number of primary amides is 1. The van der Waals surface area contributed by atoms with Crippen molar-refractivity contribution in [1.82, 2.24) is 0 Å². The lowest BCUT2D eigenvalue weighted by Gasteiger charge is -1.95. The van der Waals surface area contributed by atoms with E-state index >= 15 is 0 Å². The number of halogens is 1. The summed E-state index contributed by atoms with van der Waals surface area (Å²) >= 11 is 0. The molecular formula is C14H14FNO4S. The van der Waals surface area contributed by atoms with Crippen LogP contribution in [-0.4, -0.2) is 18.9 Å². The first kappa shape index (κ1) is 16.8. The number of rotatable bonds is 2. The lowest BCUT2D eigenvalue weighted by molar-refractivity contribution is 0.1000. The first-order valence-corrected chi connectivity index (χ1v) is 7.23. The Bertz CT molecular complexity index is 727. The van der Waals surface area contributed by atoms with Gasteiger partial charge in [-0.05, 0) is 37.3 Å². The summed E-state index contributed by atoms with van der Waals surface area (Å²) in [4.78, 5) is 10.3. The Labute approximate surface area is 122 Å². The van der Waals surface area contributed by atoms with Crippen molar-refractivity contribution in [1.29, 1.82) is 0 Å². The number of hydrogen-bond donors (Lipinski definition) is 2. The maximum Gasteiger partial charge on any atom is 0.294 e. The summed E-state index contributed by atoms with van der Waals surface area (Å²) < 4.78 is 41.9. The van der Waals surface area contributed by atoms with Crippen molar-refractivity contribution >= 4 is 16.0 Å². The van der Waals surface area contributed by atoms with Gasteiger partial charge in [-0.1, -0.05) is 23.8 Å². The highest BCUT2D eigenvalue weighted by molar-refractivity contribution is 7.85. The lowest BCUT2D eigenvalue weighted by Crippen LogP contribution is -2.10. The van der Waals surface area contributed by atoms with Crippen LogP contribution < -0.4 is 5.73 Å². The number of amides is 1. The smallest absolute Gasteiger partial charge is 0.294 e. The molecule has 0 bridgehead atoms. The van der Waals surface area contributed by atoms with Crippen LogP contribution in [0.3, 0.4) is 0 Å². The molecule has 0 radical (unpaired) electrons. The van der Waals surface area contributed by atoms with Crippen molar-refractivity contribution in [3.63, 3.8) is 0 Å². The van der Waals surface area contributed by atoms with Crippen molar-refractivity contribution in [3.8, 4) is 0 Å². The summed E-state index contributed by atoms with van der Waals surface area (Å²) in [5.74, 6) is -1.06. The molecule has 0 aromatic heterocycles. The molecule has 2 aromatic carbocycles. The number of carbonyl (C=O) groups is 1. The van der Waals surface area contributed by atoms with Crippen molar-refractivity contribution in [2.24, 2.45) is 5.73 Å². The predicted octanol–water partition coefficient (Wildman–Crippen LogP) is 2.17. The molecule has 7 heteroatoms. The van der Waals surface area contributed by atoms with Gasteiger partial charge in [0.15, 0.2) is 0 Å². The fraction of sp³-hybridized carbons (Fsp3) is 0.0714. The van der Waals surface area contributed by atoms with Gasteiger partial charge in [-0.3, -0.25) is 9.35 Å². The quantitative estimate of drug-likeness (QED) is 0.830. The average Bonchev–Trinajstić information content (AvgIpc) is 2.39. The Balaban J connectivity index is 0.000000211. The summed E-state index contributed by atoms with van der Waals surface area (Å²) in [5.41, 5.74) is 6.03.